The molecule has 1 fully saturated rings. The third-order valence-corrected chi connectivity index (χ3v) is 4.31. The van der Waals surface area contributed by atoms with Crippen LogP contribution in [-0.4, -0.2) is 42.7 Å². The molecule has 4 N–H and O–H groups in total. The van der Waals surface area contributed by atoms with E-state index < -0.39 is 0 Å². The number of aromatic nitrogens is 1. The SMILES string of the molecule is N=C(NCCCCCCCC(=O)NOCC1CCCO1)Nc1ccncc1. The number of rotatable bonds is 12. The standard InChI is InChI=1S/C19H31N5O3/c20-19(23-16-9-12-21-13-10-16)22-11-5-3-1-2-4-8-18(25)24-27-15-17-7-6-14-26-17/h9-10,12-13,17H,1-8,11,14-15H2,(H,24,25)(H3,20,21,22,23). The molecule has 2 heterocycles. The quantitative estimate of drug-likeness (QED) is 0.193. The number of carbonyl (C=O) groups is 1. The van der Waals surface area contributed by atoms with Crippen molar-refractivity contribution in [2.75, 3.05) is 25.1 Å². The molecule has 27 heavy (non-hydrogen) atoms. The molecule has 0 aromatic carbocycles. The Morgan fingerprint density at radius 3 is 2.78 bits per heavy atom. The summed E-state index contributed by atoms with van der Waals surface area (Å²) in [4.78, 5) is 20.8. The lowest BCUT2D eigenvalue weighted by Gasteiger charge is -2.10. The highest BCUT2D eigenvalue weighted by molar-refractivity contribution is 5.90. The maximum atomic E-state index is 11.7. The molecule has 0 spiro atoms. The molecule has 1 aromatic heterocycles. The van der Waals surface area contributed by atoms with Crippen LogP contribution in [0.5, 0.6) is 0 Å². The summed E-state index contributed by atoms with van der Waals surface area (Å²) in [7, 11) is 0. The van der Waals surface area contributed by atoms with Crippen molar-refractivity contribution in [3.05, 3.63) is 24.5 Å². The number of guanidine groups is 1. The molecule has 0 bridgehead atoms. The Bertz CT molecular complexity index is 550. The second-order valence-electron chi connectivity index (χ2n) is 6.65. The van der Waals surface area contributed by atoms with Crippen LogP contribution in [-0.2, 0) is 14.4 Å². The van der Waals surface area contributed by atoms with Crippen LogP contribution in [0.2, 0.25) is 0 Å². The van der Waals surface area contributed by atoms with E-state index in [0.29, 0.717) is 19.0 Å². The molecule has 8 nitrogen and oxygen atoms in total. The largest absolute Gasteiger partial charge is 0.376 e. The highest BCUT2D eigenvalue weighted by Crippen LogP contribution is 2.11. The molecule has 2 rings (SSSR count). The van der Waals surface area contributed by atoms with Crippen LogP contribution in [0.15, 0.2) is 24.5 Å². The number of unbranched alkanes of at least 4 members (excludes halogenated alkanes) is 4. The first-order valence-corrected chi connectivity index (χ1v) is 9.76. The number of carbonyl (C=O) groups excluding carboxylic acids is 1. The molecule has 1 aromatic rings. The molecule has 1 atom stereocenters. The van der Waals surface area contributed by atoms with Gasteiger partial charge in [-0.15, -0.1) is 0 Å². The Kier molecular flexibility index (Phi) is 10.2. The molecule has 1 aliphatic heterocycles. The van der Waals surface area contributed by atoms with Gasteiger partial charge in [0.15, 0.2) is 5.96 Å². The van der Waals surface area contributed by atoms with Gasteiger partial charge in [0.2, 0.25) is 5.91 Å². The van der Waals surface area contributed by atoms with Gasteiger partial charge in [0.1, 0.15) is 6.61 Å². The molecule has 1 unspecified atom stereocenters. The van der Waals surface area contributed by atoms with Crippen LogP contribution in [0, 0.1) is 5.41 Å². The van der Waals surface area contributed by atoms with E-state index in [1.54, 1.807) is 12.4 Å². The van der Waals surface area contributed by atoms with E-state index in [0.717, 1.165) is 63.8 Å². The van der Waals surface area contributed by atoms with E-state index in [1.807, 2.05) is 12.1 Å². The summed E-state index contributed by atoms with van der Waals surface area (Å²) in [6.07, 6.45) is 11.1. The number of amides is 1. The number of nitrogens with one attached hydrogen (secondary N) is 4. The lowest BCUT2D eigenvalue weighted by atomic mass is 10.1. The van der Waals surface area contributed by atoms with Crippen molar-refractivity contribution in [3.63, 3.8) is 0 Å². The zero-order valence-electron chi connectivity index (χ0n) is 15.8. The second-order valence-corrected chi connectivity index (χ2v) is 6.65. The number of pyridine rings is 1. The number of hydrogen-bond donors (Lipinski definition) is 4. The number of nitrogens with zero attached hydrogens (tertiary/aromatic N) is 1. The normalized spacial score (nSPS) is 16.1. The molecule has 1 aliphatic rings. The van der Waals surface area contributed by atoms with Gasteiger partial charge in [0.25, 0.3) is 0 Å². The Morgan fingerprint density at radius 2 is 2.00 bits per heavy atom. The van der Waals surface area contributed by atoms with Gasteiger partial charge in [-0.3, -0.25) is 20.0 Å². The first-order chi connectivity index (χ1) is 13.2. The van der Waals surface area contributed by atoms with Gasteiger partial charge in [0.05, 0.1) is 6.10 Å². The maximum absolute atomic E-state index is 11.7. The van der Waals surface area contributed by atoms with E-state index in [-0.39, 0.29) is 12.0 Å². The average Bonchev–Trinajstić information content (AvgIpc) is 3.18. The van der Waals surface area contributed by atoms with Gasteiger partial charge in [-0.25, -0.2) is 5.48 Å². The van der Waals surface area contributed by atoms with Crippen LogP contribution in [0.25, 0.3) is 0 Å². The molecular weight excluding hydrogens is 346 g/mol. The molecule has 1 saturated heterocycles. The van der Waals surface area contributed by atoms with Crippen LogP contribution < -0.4 is 16.1 Å². The van der Waals surface area contributed by atoms with E-state index >= 15 is 0 Å². The number of hydrogen-bond acceptors (Lipinski definition) is 5. The molecule has 150 valence electrons. The predicted octanol–water partition coefficient (Wildman–Crippen LogP) is 2.59. The fourth-order valence-corrected chi connectivity index (χ4v) is 2.82. The van der Waals surface area contributed by atoms with Gasteiger partial charge < -0.3 is 15.4 Å². The lowest BCUT2D eigenvalue weighted by molar-refractivity contribution is -0.136. The predicted molar refractivity (Wildman–Crippen MR) is 104 cm³/mol. The molecule has 1 amide bonds. The fourth-order valence-electron chi connectivity index (χ4n) is 2.82. The van der Waals surface area contributed by atoms with E-state index in [9.17, 15) is 4.79 Å². The van der Waals surface area contributed by atoms with Crippen LogP contribution in [0.1, 0.15) is 51.4 Å². The summed E-state index contributed by atoms with van der Waals surface area (Å²) in [5.41, 5.74) is 3.34. The topological polar surface area (TPSA) is 108 Å². The molecule has 0 radical (unpaired) electrons. The second kappa shape index (κ2) is 13.1. The number of anilines is 1. The fraction of sp³-hybridized carbons (Fsp3) is 0.632. The van der Waals surface area contributed by atoms with Gasteiger partial charge in [-0.1, -0.05) is 19.3 Å². The summed E-state index contributed by atoms with van der Waals surface area (Å²) < 4.78 is 5.42. The highest BCUT2D eigenvalue weighted by Gasteiger charge is 2.15. The Balaban J connectivity index is 1.35. The monoisotopic (exact) mass is 377 g/mol. The van der Waals surface area contributed by atoms with Crippen molar-refractivity contribution >= 4 is 17.6 Å². The zero-order chi connectivity index (χ0) is 19.2. The third-order valence-electron chi connectivity index (χ3n) is 4.31. The van der Waals surface area contributed by atoms with E-state index in [2.05, 4.69) is 21.1 Å². The molecule has 0 saturated carbocycles. The third kappa shape index (κ3) is 9.91. The zero-order valence-corrected chi connectivity index (χ0v) is 15.8. The van der Waals surface area contributed by atoms with Gasteiger partial charge in [-0.05, 0) is 37.8 Å². The van der Waals surface area contributed by atoms with E-state index in [4.69, 9.17) is 15.0 Å². The lowest BCUT2D eigenvalue weighted by Crippen LogP contribution is -2.30. The smallest absolute Gasteiger partial charge is 0.243 e. The van der Waals surface area contributed by atoms with Crippen molar-refractivity contribution in [1.29, 1.82) is 5.41 Å². The van der Waals surface area contributed by atoms with Crippen LogP contribution >= 0.6 is 0 Å². The maximum Gasteiger partial charge on any atom is 0.243 e. The molecule has 8 heteroatoms. The summed E-state index contributed by atoms with van der Waals surface area (Å²) in [5, 5.41) is 13.8. The Morgan fingerprint density at radius 1 is 1.22 bits per heavy atom. The summed E-state index contributed by atoms with van der Waals surface area (Å²) >= 11 is 0. The first kappa shape index (κ1) is 21.1. The van der Waals surface area contributed by atoms with Crippen molar-refractivity contribution in [2.24, 2.45) is 0 Å². The summed E-state index contributed by atoms with van der Waals surface area (Å²) in [6.45, 7) is 1.98. The van der Waals surface area contributed by atoms with Gasteiger partial charge in [0, 0.05) is 37.7 Å². The Hall–Kier alpha value is -2.19. The van der Waals surface area contributed by atoms with Gasteiger partial charge in [-0.2, -0.15) is 0 Å². The Labute approximate surface area is 160 Å². The van der Waals surface area contributed by atoms with Crippen LogP contribution in [0.3, 0.4) is 0 Å². The summed E-state index contributed by atoms with van der Waals surface area (Å²) in [6, 6.07) is 3.64. The van der Waals surface area contributed by atoms with Crippen molar-refractivity contribution in [2.45, 2.75) is 57.5 Å². The van der Waals surface area contributed by atoms with Crippen LogP contribution in [0.4, 0.5) is 5.69 Å². The minimum atomic E-state index is -0.0645. The number of hydroxylamine groups is 1. The molecule has 0 aliphatic carbocycles. The highest BCUT2D eigenvalue weighted by atomic mass is 16.7. The van der Waals surface area contributed by atoms with Crippen molar-refractivity contribution < 1.29 is 14.4 Å². The van der Waals surface area contributed by atoms with Crippen molar-refractivity contribution in [3.8, 4) is 0 Å². The minimum absolute atomic E-state index is 0.0645. The summed E-state index contributed by atoms with van der Waals surface area (Å²) in [5.74, 6) is 0.228. The van der Waals surface area contributed by atoms with Gasteiger partial charge >= 0.3 is 0 Å². The molecular formula is C19H31N5O3. The minimum Gasteiger partial charge on any atom is -0.376 e. The van der Waals surface area contributed by atoms with E-state index in [1.165, 1.54) is 0 Å². The average molecular weight is 377 g/mol. The number of ether oxygens (including phenoxy) is 1. The first-order valence-electron chi connectivity index (χ1n) is 9.76. The van der Waals surface area contributed by atoms with Crippen molar-refractivity contribution in [1.82, 2.24) is 15.8 Å².